The van der Waals surface area contributed by atoms with E-state index < -0.39 is 0 Å². The SMILES string of the molecule is COc1ccccc1C(CN)N1CCC(NC(C)=O)C1. The summed E-state index contributed by atoms with van der Waals surface area (Å²) >= 11 is 0. The van der Waals surface area contributed by atoms with Crippen LogP contribution in [0.4, 0.5) is 0 Å². The van der Waals surface area contributed by atoms with Crippen LogP contribution in [-0.2, 0) is 4.79 Å². The number of nitrogens with one attached hydrogen (secondary N) is 1. The summed E-state index contributed by atoms with van der Waals surface area (Å²) in [6.45, 7) is 3.86. The van der Waals surface area contributed by atoms with Gasteiger partial charge in [0.25, 0.3) is 0 Å². The highest BCUT2D eigenvalue weighted by molar-refractivity contribution is 5.73. The zero-order valence-electron chi connectivity index (χ0n) is 12.1. The van der Waals surface area contributed by atoms with E-state index >= 15 is 0 Å². The van der Waals surface area contributed by atoms with Crippen LogP contribution in [0.25, 0.3) is 0 Å². The van der Waals surface area contributed by atoms with Crippen LogP contribution in [0.3, 0.4) is 0 Å². The van der Waals surface area contributed by atoms with E-state index in [2.05, 4.69) is 16.3 Å². The Morgan fingerprint density at radius 1 is 1.55 bits per heavy atom. The molecule has 110 valence electrons. The number of carbonyl (C=O) groups is 1. The molecule has 0 spiro atoms. The van der Waals surface area contributed by atoms with Gasteiger partial charge in [0.1, 0.15) is 5.75 Å². The maximum absolute atomic E-state index is 11.1. The fourth-order valence-corrected chi connectivity index (χ4v) is 2.89. The second kappa shape index (κ2) is 6.72. The second-order valence-corrected chi connectivity index (χ2v) is 5.17. The van der Waals surface area contributed by atoms with Crippen LogP contribution in [0, 0.1) is 0 Å². The number of benzene rings is 1. The fraction of sp³-hybridized carbons (Fsp3) is 0.533. The van der Waals surface area contributed by atoms with Gasteiger partial charge < -0.3 is 15.8 Å². The van der Waals surface area contributed by atoms with Gasteiger partial charge >= 0.3 is 0 Å². The molecule has 0 aromatic heterocycles. The van der Waals surface area contributed by atoms with Crippen LogP contribution in [0.5, 0.6) is 5.75 Å². The van der Waals surface area contributed by atoms with E-state index in [0.29, 0.717) is 6.54 Å². The highest BCUT2D eigenvalue weighted by atomic mass is 16.5. The molecule has 2 unspecified atom stereocenters. The lowest BCUT2D eigenvalue weighted by molar-refractivity contribution is -0.119. The van der Waals surface area contributed by atoms with Gasteiger partial charge in [-0.2, -0.15) is 0 Å². The van der Waals surface area contributed by atoms with E-state index in [0.717, 1.165) is 30.8 Å². The van der Waals surface area contributed by atoms with Crippen molar-refractivity contribution in [1.82, 2.24) is 10.2 Å². The van der Waals surface area contributed by atoms with Crippen molar-refractivity contribution in [2.45, 2.75) is 25.4 Å². The van der Waals surface area contributed by atoms with Gasteiger partial charge in [0.05, 0.1) is 13.2 Å². The molecule has 2 atom stereocenters. The van der Waals surface area contributed by atoms with Gasteiger partial charge in [0, 0.05) is 38.2 Å². The summed E-state index contributed by atoms with van der Waals surface area (Å²) in [5, 5.41) is 2.98. The molecule has 1 saturated heterocycles. The van der Waals surface area contributed by atoms with E-state index in [-0.39, 0.29) is 18.0 Å². The van der Waals surface area contributed by atoms with Crippen LogP contribution in [0.1, 0.15) is 24.9 Å². The fourth-order valence-electron chi connectivity index (χ4n) is 2.89. The number of amides is 1. The number of likely N-dealkylation sites (tertiary alicyclic amines) is 1. The number of ether oxygens (including phenoxy) is 1. The minimum atomic E-state index is 0.0263. The summed E-state index contributed by atoms with van der Waals surface area (Å²) in [5.41, 5.74) is 7.08. The number of hydrogen-bond acceptors (Lipinski definition) is 4. The van der Waals surface area contributed by atoms with Gasteiger partial charge in [-0.15, -0.1) is 0 Å². The molecule has 2 rings (SSSR count). The minimum absolute atomic E-state index is 0.0263. The number of rotatable bonds is 5. The molecular weight excluding hydrogens is 254 g/mol. The van der Waals surface area contributed by atoms with E-state index in [1.165, 1.54) is 0 Å². The summed E-state index contributed by atoms with van der Waals surface area (Å²) < 4.78 is 5.43. The summed E-state index contributed by atoms with van der Waals surface area (Å²) in [6, 6.07) is 8.32. The van der Waals surface area contributed by atoms with E-state index in [1.807, 2.05) is 18.2 Å². The van der Waals surface area contributed by atoms with Crippen molar-refractivity contribution in [3.63, 3.8) is 0 Å². The first-order valence-electron chi connectivity index (χ1n) is 6.99. The Hall–Kier alpha value is -1.59. The third-order valence-corrected chi connectivity index (χ3v) is 3.79. The average molecular weight is 277 g/mol. The van der Waals surface area contributed by atoms with Crippen molar-refractivity contribution >= 4 is 5.91 Å². The molecule has 1 aromatic carbocycles. The van der Waals surface area contributed by atoms with Crippen molar-refractivity contribution in [2.24, 2.45) is 5.73 Å². The van der Waals surface area contributed by atoms with Gasteiger partial charge in [-0.1, -0.05) is 18.2 Å². The molecule has 0 aliphatic carbocycles. The first kappa shape index (κ1) is 14.8. The largest absolute Gasteiger partial charge is 0.496 e. The predicted molar refractivity (Wildman–Crippen MR) is 78.6 cm³/mol. The van der Waals surface area contributed by atoms with Gasteiger partial charge in [-0.3, -0.25) is 9.69 Å². The van der Waals surface area contributed by atoms with Crippen molar-refractivity contribution < 1.29 is 9.53 Å². The Morgan fingerprint density at radius 3 is 2.95 bits per heavy atom. The molecule has 1 aliphatic rings. The van der Waals surface area contributed by atoms with Crippen LogP contribution in [-0.4, -0.2) is 43.6 Å². The molecule has 3 N–H and O–H groups in total. The topological polar surface area (TPSA) is 67.6 Å². The van der Waals surface area contributed by atoms with Crippen molar-refractivity contribution in [1.29, 1.82) is 0 Å². The molecule has 1 heterocycles. The molecular formula is C15H23N3O2. The van der Waals surface area contributed by atoms with Crippen LogP contribution < -0.4 is 15.8 Å². The van der Waals surface area contributed by atoms with E-state index in [9.17, 15) is 4.79 Å². The quantitative estimate of drug-likeness (QED) is 0.839. The zero-order chi connectivity index (χ0) is 14.5. The number of para-hydroxylation sites is 1. The summed E-state index contributed by atoms with van der Waals surface area (Å²) in [6.07, 6.45) is 0.964. The summed E-state index contributed by atoms with van der Waals surface area (Å²) in [5.74, 6) is 0.893. The summed E-state index contributed by atoms with van der Waals surface area (Å²) in [4.78, 5) is 13.5. The maximum Gasteiger partial charge on any atom is 0.217 e. The Morgan fingerprint density at radius 2 is 2.30 bits per heavy atom. The predicted octanol–water partition coefficient (Wildman–Crippen LogP) is 0.905. The van der Waals surface area contributed by atoms with E-state index in [1.54, 1.807) is 14.0 Å². The Kier molecular flexibility index (Phi) is 4.98. The monoisotopic (exact) mass is 277 g/mol. The third kappa shape index (κ3) is 3.29. The van der Waals surface area contributed by atoms with Crippen molar-refractivity contribution in [3.8, 4) is 5.75 Å². The second-order valence-electron chi connectivity index (χ2n) is 5.17. The standard InChI is InChI=1S/C15H23N3O2/c1-11(19)17-12-7-8-18(10-12)14(9-16)13-5-3-4-6-15(13)20-2/h3-6,12,14H,7-10,16H2,1-2H3,(H,17,19). The molecule has 1 aromatic rings. The normalized spacial score (nSPS) is 20.6. The van der Waals surface area contributed by atoms with Crippen molar-refractivity contribution in [2.75, 3.05) is 26.7 Å². The van der Waals surface area contributed by atoms with Crippen LogP contribution in [0.15, 0.2) is 24.3 Å². The third-order valence-electron chi connectivity index (χ3n) is 3.79. The Labute approximate surface area is 120 Å². The van der Waals surface area contributed by atoms with Gasteiger partial charge in [0.2, 0.25) is 5.91 Å². The zero-order valence-corrected chi connectivity index (χ0v) is 12.1. The summed E-state index contributed by atoms with van der Waals surface area (Å²) in [7, 11) is 1.68. The smallest absolute Gasteiger partial charge is 0.217 e. The van der Waals surface area contributed by atoms with Crippen molar-refractivity contribution in [3.05, 3.63) is 29.8 Å². The number of nitrogens with zero attached hydrogens (tertiary/aromatic N) is 1. The number of carbonyl (C=O) groups excluding carboxylic acids is 1. The van der Waals surface area contributed by atoms with Crippen LogP contribution >= 0.6 is 0 Å². The molecule has 1 aliphatic heterocycles. The minimum Gasteiger partial charge on any atom is -0.496 e. The lowest BCUT2D eigenvalue weighted by Gasteiger charge is -2.28. The first-order chi connectivity index (χ1) is 9.65. The Bertz CT molecular complexity index is 464. The average Bonchev–Trinajstić information content (AvgIpc) is 2.87. The molecule has 5 heteroatoms. The molecule has 1 fully saturated rings. The first-order valence-corrected chi connectivity index (χ1v) is 6.99. The van der Waals surface area contributed by atoms with Crippen LogP contribution in [0.2, 0.25) is 0 Å². The van der Waals surface area contributed by atoms with Gasteiger partial charge in [-0.25, -0.2) is 0 Å². The lowest BCUT2D eigenvalue weighted by atomic mass is 10.0. The highest BCUT2D eigenvalue weighted by Gasteiger charge is 2.30. The molecule has 20 heavy (non-hydrogen) atoms. The highest BCUT2D eigenvalue weighted by Crippen LogP contribution is 2.30. The number of methoxy groups -OCH3 is 1. The Balaban J connectivity index is 2.11. The molecule has 1 amide bonds. The van der Waals surface area contributed by atoms with E-state index in [4.69, 9.17) is 10.5 Å². The number of hydrogen-bond donors (Lipinski definition) is 2. The molecule has 0 bridgehead atoms. The molecule has 5 nitrogen and oxygen atoms in total. The van der Waals surface area contributed by atoms with Gasteiger partial charge in [0.15, 0.2) is 0 Å². The lowest BCUT2D eigenvalue weighted by Crippen LogP contribution is -2.38. The molecule has 0 radical (unpaired) electrons. The maximum atomic E-state index is 11.1. The van der Waals surface area contributed by atoms with Gasteiger partial charge in [-0.05, 0) is 12.5 Å². The number of nitrogens with two attached hydrogens (primary N) is 1. The molecule has 0 saturated carbocycles.